The van der Waals surface area contributed by atoms with Crippen molar-refractivity contribution in [1.82, 2.24) is 4.98 Å². The first-order valence-corrected chi connectivity index (χ1v) is 7.45. The molecule has 2 fully saturated rings. The van der Waals surface area contributed by atoms with Gasteiger partial charge in [-0.3, -0.25) is 4.98 Å². The van der Waals surface area contributed by atoms with Crippen LogP contribution in [-0.2, 0) is 9.31 Å². The lowest BCUT2D eigenvalue weighted by Gasteiger charge is -2.32. The lowest BCUT2D eigenvalue weighted by atomic mass is 9.83. The maximum atomic E-state index is 11.1. The number of hydrogen-bond donors (Lipinski definition) is 1. The van der Waals surface area contributed by atoms with Crippen LogP contribution in [0.4, 0.5) is 0 Å². The highest BCUT2D eigenvalue weighted by molar-refractivity contribution is 6.62. The van der Waals surface area contributed by atoms with Crippen LogP contribution in [-0.4, -0.2) is 40.5 Å². The van der Waals surface area contributed by atoms with Crippen LogP contribution in [0.25, 0.3) is 0 Å². The molecule has 1 saturated carbocycles. The number of aromatic nitrogens is 1. The van der Waals surface area contributed by atoms with Gasteiger partial charge in [0, 0.05) is 6.20 Å². The van der Waals surface area contributed by atoms with Crippen molar-refractivity contribution in [1.29, 1.82) is 0 Å². The fraction of sp³-hybridized carbons (Fsp3) is 0.600. The van der Waals surface area contributed by atoms with Crippen molar-refractivity contribution in [3.05, 3.63) is 17.8 Å². The molecule has 0 aromatic carbocycles. The van der Waals surface area contributed by atoms with E-state index in [1.165, 1.54) is 12.3 Å². The minimum Gasteiger partial charge on any atom is -0.489 e. The Hall–Kier alpha value is -1.60. The Bertz CT molecular complexity index is 596. The quantitative estimate of drug-likeness (QED) is 0.852. The predicted octanol–water partition coefficient (Wildman–Crippen LogP) is 1.62. The topological polar surface area (TPSA) is 77.9 Å². The number of hydrogen-bond acceptors (Lipinski definition) is 5. The Balaban J connectivity index is 1.94. The lowest BCUT2D eigenvalue weighted by molar-refractivity contribution is 0.00578. The Morgan fingerprint density at radius 2 is 1.91 bits per heavy atom. The third-order valence-electron chi connectivity index (χ3n) is 4.42. The third kappa shape index (κ3) is 2.70. The Morgan fingerprint density at radius 1 is 1.32 bits per heavy atom. The van der Waals surface area contributed by atoms with E-state index >= 15 is 0 Å². The largest absolute Gasteiger partial charge is 0.518 e. The highest BCUT2D eigenvalue weighted by atomic mass is 16.7. The Labute approximate surface area is 129 Å². The van der Waals surface area contributed by atoms with Crippen LogP contribution in [0, 0.1) is 0 Å². The number of pyridine rings is 1. The number of carboxylic acids is 1. The van der Waals surface area contributed by atoms with Crippen LogP contribution >= 0.6 is 0 Å². The number of carboxylic acid groups (broad SMARTS) is 1. The summed E-state index contributed by atoms with van der Waals surface area (Å²) < 4.78 is 17.8. The SMILES string of the molecule is CC1(C)OB(c2ncc(C(=O)O)cc2OC2CC2)OC1(C)C. The van der Waals surface area contributed by atoms with E-state index < -0.39 is 24.3 Å². The molecule has 1 aliphatic heterocycles. The molecule has 0 radical (unpaired) electrons. The van der Waals surface area contributed by atoms with Crippen molar-refractivity contribution in [3.8, 4) is 5.75 Å². The van der Waals surface area contributed by atoms with Crippen LogP contribution in [0.1, 0.15) is 50.9 Å². The van der Waals surface area contributed by atoms with Crippen molar-refractivity contribution < 1.29 is 23.9 Å². The second-order valence-corrected chi connectivity index (χ2v) is 6.82. The van der Waals surface area contributed by atoms with Crippen molar-refractivity contribution in [2.45, 2.75) is 57.8 Å². The summed E-state index contributed by atoms with van der Waals surface area (Å²) in [7, 11) is -0.665. The van der Waals surface area contributed by atoms with Crippen LogP contribution in [0.15, 0.2) is 12.3 Å². The molecule has 1 aliphatic carbocycles. The third-order valence-corrected chi connectivity index (χ3v) is 4.42. The summed E-state index contributed by atoms with van der Waals surface area (Å²) in [5.74, 6) is -0.602. The summed E-state index contributed by atoms with van der Waals surface area (Å²) in [5.41, 5.74) is -0.380. The molecule has 1 N–H and O–H groups in total. The molecule has 3 rings (SSSR count). The molecule has 1 saturated heterocycles. The van der Waals surface area contributed by atoms with Crippen LogP contribution in [0.5, 0.6) is 5.75 Å². The maximum absolute atomic E-state index is 11.1. The van der Waals surface area contributed by atoms with Gasteiger partial charge in [0.2, 0.25) is 0 Å². The first-order valence-electron chi connectivity index (χ1n) is 7.45. The minimum absolute atomic E-state index is 0.0934. The molecule has 1 aromatic rings. The molecular weight excluding hydrogens is 285 g/mol. The van der Waals surface area contributed by atoms with Gasteiger partial charge in [0.25, 0.3) is 0 Å². The van der Waals surface area contributed by atoms with Gasteiger partial charge < -0.3 is 19.2 Å². The van der Waals surface area contributed by atoms with Crippen molar-refractivity contribution in [2.24, 2.45) is 0 Å². The van der Waals surface area contributed by atoms with Gasteiger partial charge in [-0.05, 0) is 46.6 Å². The maximum Gasteiger partial charge on any atom is 0.518 e. The van der Waals surface area contributed by atoms with Gasteiger partial charge in [-0.25, -0.2) is 4.79 Å². The van der Waals surface area contributed by atoms with Gasteiger partial charge in [-0.1, -0.05) is 0 Å². The molecule has 0 bridgehead atoms. The van der Waals surface area contributed by atoms with E-state index in [1.54, 1.807) is 0 Å². The summed E-state index contributed by atoms with van der Waals surface area (Å²) in [4.78, 5) is 15.4. The summed E-state index contributed by atoms with van der Waals surface area (Å²) >= 11 is 0. The van der Waals surface area contributed by atoms with Gasteiger partial charge in [-0.2, -0.15) is 0 Å². The zero-order chi connectivity index (χ0) is 16.1. The molecule has 2 heterocycles. The highest BCUT2D eigenvalue weighted by Crippen LogP contribution is 2.37. The van der Waals surface area contributed by atoms with E-state index in [2.05, 4.69) is 4.98 Å². The average Bonchev–Trinajstić information content (AvgIpc) is 3.17. The normalized spacial score (nSPS) is 22.6. The van der Waals surface area contributed by atoms with Gasteiger partial charge in [-0.15, -0.1) is 0 Å². The predicted molar refractivity (Wildman–Crippen MR) is 80.6 cm³/mol. The molecule has 22 heavy (non-hydrogen) atoms. The van der Waals surface area contributed by atoms with Gasteiger partial charge in [0.05, 0.1) is 22.9 Å². The monoisotopic (exact) mass is 305 g/mol. The van der Waals surface area contributed by atoms with E-state index in [4.69, 9.17) is 19.2 Å². The molecule has 0 spiro atoms. The Morgan fingerprint density at radius 3 is 2.41 bits per heavy atom. The van der Waals surface area contributed by atoms with Crippen molar-refractivity contribution >= 4 is 18.7 Å². The van der Waals surface area contributed by atoms with Crippen molar-refractivity contribution in [2.75, 3.05) is 0 Å². The fourth-order valence-corrected chi connectivity index (χ4v) is 2.16. The van der Waals surface area contributed by atoms with E-state index in [9.17, 15) is 4.79 Å². The van der Waals surface area contributed by atoms with E-state index in [0.29, 0.717) is 11.3 Å². The van der Waals surface area contributed by atoms with Gasteiger partial charge >= 0.3 is 13.1 Å². The lowest BCUT2D eigenvalue weighted by Crippen LogP contribution is -2.41. The van der Waals surface area contributed by atoms with Crippen LogP contribution in [0.2, 0.25) is 0 Å². The summed E-state index contributed by atoms with van der Waals surface area (Å²) in [6, 6.07) is 1.49. The van der Waals surface area contributed by atoms with E-state index in [-0.39, 0.29) is 11.7 Å². The summed E-state index contributed by atoms with van der Waals surface area (Å²) in [6.45, 7) is 7.83. The second-order valence-electron chi connectivity index (χ2n) is 6.82. The first kappa shape index (κ1) is 15.3. The average molecular weight is 305 g/mol. The summed E-state index contributed by atoms with van der Waals surface area (Å²) in [6.07, 6.45) is 3.38. The molecule has 2 aliphatic rings. The molecule has 7 heteroatoms. The highest BCUT2D eigenvalue weighted by Gasteiger charge is 2.53. The molecule has 0 unspecified atom stereocenters. The summed E-state index contributed by atoms with van der Waals surface area (Å²) in [5, 5.41) is 9.12. The van der Waals surface area contributed by atoms with Crippen LogP contribution in [0.3, 0.4) is 0 Å². The smallest absolute Gasteiger partial charge is 0.489 e. The number of ether oxygens (including phenoxy) is 1. The first-order chi connectivity index (χ1) is 10.2. The zero-order valence-electron chi connectivity index (χ0n) is 13.3. The fourth-order valence-electron chi connectivity index (χ4n) is 2.16. The Kier molecular flexibility index (Phi) is 3.45. The molecule has 0 amide bonds. The minimum atomic E-state index is -1.03. The molecule has 1 aromatic heterocycles. The number of nitrogens with zero attached hydrogens (tertiary/aromatic N) is 1. The molecule has 6 nitrogen and oxygen atoms in total. The molecule has 118 valence electrons. The second kappa shape index (κ2) is 4.96. The standard InChI is InChI=1S/C15H20BNO5/c1-14(2)15(3,4)22-16(21-14)12-11(20-10-5-6-10)7-9(8-17-12)13(18)19/h7-8,10H,5-6H2,1-4H3,(H,18,19). The molecule has 0 atom stereocenters. The zero-order valence-corrected chi connectivity index (χ0v) is 13.3. The van der Waals surface area contributed by atoms with Gasteiger partial charge in [0.15, 0.2) is 0 Å². The van der Waals surface area contributed by atoms with Gasteiger partial charge in [0.1, 0.15) is 11.3 Å². The number of aromatic carboxylic acids is 1. The van der Waals surface area contributed by atoms with Crippen molar-refractivity contribution in [3.63, 3.8) is 0 Å². The molecular formula is C15H20BNO5. The van der Waals surface area contributed by atoms with Crippen LogP contribution < -0.4 is 10.3 Å². The number of carbonyl (C=O) groups is 1. The number of rotatable bonds is 4. The van der Waals surface area contributed by atoms with E-state index in [0.717, 1.165) is 12.8 Å². The van der Waals surface area contributed by atoms with E-state index in [1.807, 2.05) is 27.7 Å².